The Morgan fingerprint density at radius 1 is 1.09 bits per heavy atom. The number of carbonyl (C=O) groups excluding carboxylic acids is 2. The molecule has 5 N–H and O–H groups in total. The lowest BCUT2D eigenvalue weighted by Crippen LogP contribution is -2.46. The molecule has 5 aromatic rings. The zero-order valence-corrected chi connectivity index (χ0v) is 25.3. The van der Waals surface area contributed by atoms with Gasteiger partial charge in [0.05, 0.1) is 34.6 Å². The molecule has 11 heteroatoms. The van der Waals surface area contributed by atoms with Gasteiger partial charge in [-0.25, -0.2) is 4.98 Å². The topological polar surface area (TPSA) is 135 Å². The van der Waals surface area contributed by atoms with E-state index in [-0.39, 0.29) is 12.5 Å². The number of H-pyrrole nitrogens is 1. The summed E-state index contributed by atoms with van der Waals surface area (Å²) >= 11 is 7.60. The molecule has 2 atom stereocenters. The Balaban J connectivity index is 1.12. The van der Waals surface area contributed by atoms with Crippen LogP contribution in [0.25, 0.3) is 10.4 Å². The number of ether oxygens (including phenoxy) is 1. The van der Waals surface area contributed by atoms with E-state index in [4.69, 9.17) is 22.1 Å². The van der Waals surface area contributed by atoms with Crippen LogP contribution in [0.15, 0.2) is 84.8 Å². The molecule has 0 bridgehead atoms. The maximum absolute atomic E-state index is 13.4. The number of hydrogen-bond acceptors (Lipinski definition) is 7. The highest BCUT2D eigenvalue weighted by atomic mass is 35.5. The van der Waals surface area contributed by atoms with Crippen LogP contribution in [0.1, 0.15) is 50.9 Å². The minimum absolute atomic E-state index is 0.0456. The van der Waals surface area contributed by atoms with Gasteiger partial charge in [-0.15, -0.1) is 11.3 Å². The first-order chi connectivity index (χ1) is 21.4. The quantitative estimate of drug-likeness (QED) is 0.159. The van der Waals surface area contributed by atoms with Crippen LogP contribution in [0.3, 0.4) is 0 Å². The summed E-state index contributed by atoms with van der Waals surface area (Å²) in [6.45, 7) is 0.988. The van der Waals surface area contributed by atoms with Crippen molar-refractivity contribution in [3.8, 4) is 16.2 Å². The van der Waals surface area contributed by atoms with E-state index in [0.29, 0.717) is 29.5 Å². The molecule has 0 spiro atoms. The Morgan fingerprint density at radius 2 is 1.89 bits per heavy atom. The van der Waals surface area contributed by atoms with Gasteiger partial charge in [-0.1, -0.05) is 60.1 Å². The Kier molecular flexibility index (Phi) is 9.02. The highest BCUT2D eigenvalue weighted by Gasteiger charge is 2.28. The summed E-state index contributed by atoms with van der Waals surface area (Å²) in [6.07, 6.45) is 5.31. The van der Waals surface area contributed by atoms with Crippen molar-refractivity contribution in [3.63, 3.8) is 0 Å². The molecule has 0 saturated carbocycles. The maximum Gasteiger partial charge on any atom is 0.255 e. The number of carbonyl (C=O) groups is 2. The zero-order valence-electron chi connectivity index (χ0n) is 23.8. The Hall–Kier alpha value is -4.51. The van der Waals surface area contributed by atoms with Crippen LogP contribution in [0.4, 0.5) is 0 Å². The number of aromatic nitrogens is 3. The number of amides is 2. The van der Waals surface area contributed by atoms with E-state index in [1.165, 1.54) is 5.56 Å². The van der Waals surface area contributed by atoms with Crippen LogP contribution in [-0.4, -0.2) is 39.4 Å². The van der Waals surface area contributed by atoms with Crippen LogP contribution in [-0.2, 0) is 24.2 Å². The minimum atomic E-state index is -0.890. The number of imidazole rings is 1. The average molecular weight is 627 g/mol. The monoisotopic (exact) mass is 626 g/mol. The van der Waals surface area contributed by atoms with E-state index in [9.17, 15) is 9.59 Å². The molecule has 2 aromatic heterocycles. The fourth-order valence-electron chi connectivity index (χ4n) is 5.35. The molecule has 1 aliphatic rings. The normalized spacial score (nSPS) is 14.8. The molecular formula is C33H31ClN6O3S. The van der Waals surface area contributed by atoms with Crippen molar-refractivity contribution in [3.05, 3.63) is 123 Å². The van der Waals surface area contributed by atoms with Gasteiger partial charge >= 0.3 is 0 Å². The van der Waals surface area contributed by atoms with Gasteiger partial charge < -0.3 is 26.1 Å². The molecule has 224 valence electrons. The Bertz CT molecular complexity index is 1740. The number of nitrogens with two attached hydrogens (primary N) is 1. The van der Waals surface area contributed by atoms with Crippen LogP contribution in [0.5, 0.6) is 5.75 Å². The van der Waals surface area contributed by atoms with E-state index in [1.807, 2.05) is 23.8 Å². The number of halogens is 1. The van der Waals surface area contributed by atoms with Gasteiger partial charge in [0.1, 0.15) is 11.8 Å². The van der Waals surface area contributed by atoms with Gasteiger partial charge in [0, 0.05) is 54.3 Å². The number of primary amides is 1. The number of nitrogens with zero attached hydrogens (tertiary/aromatic N) is 2. The second-order valence-electron chi connectivity index (χ2n) is 10.6. The number of benzene rings is 3. The minimum Gasteiger partial charge on any atom is -0.492 e. The third-order valence-corrected chi connectivity index (χ3v) is 8.77. The number of nitrogens with one attached hydrogen (secondary N) is 3. The van der Waals surface area contributed by atoms with E-state index >= 15 is 0 Å². The van der Waals surface area contributed by atoms with Crippen LogP contribution < -0.4 is 21.1 Å². The van der Waals surface area contributed by atoms with Crippen molar-refractivity contribution < 1.29 is 14.3 Å². The van der Waals surface area contributed by atoms with E-state index < -0.39 is 17.9 Å². The third kappa shape index (κ3) is 6.83. The van der Waals surface area contributed by atoms with Gasteiger partial charge in [-0.05, 0) is 34.9 Å². The van der Waals surface area contributed by atoms with Crippen LogP contribution in [0.2, 0.25) is 5.02 Å². The number of rotatable bonds is 11. The predicted octanol–water partition coefficient (Wildman–Crippen LogP) is 5.22. The SMILES string of the molecule is NC(=O)[C@H](Cc1ccc(Cl)cc1)NC(=O)c1cccc2c1OCCC2NCc1nc[nH]c1Cc1ccc(-c2cncs2)cc1. The molecule has 0 radical (unpaired) electrons. The van der Waals surface area contributed by atoms with Crippen molar-refractivity contribution in [1.29, 1.82) is 0 Å². The molecular weight excluding hydrogens is 596 g/mol. The Morgan fingerprint density at radius 3 is 2.64 bits per heavy atom. The lowest BCUT2D eigenvalue weighted by atomic mass is 9.96. The molecule has 0 aliphatic carbocycles. The number of aromatic amines is 1. The first-order valence-electron chi connectivity index (χ1n) is 14.3. The second kappa shape index (κ2) is 13.4. The first kappa shape index (κ1) is 29.6. The largest absolute Gasteiger partial charge is 0.492 e. The molecule has 6 rings (SSSR count). The van der Waals surface area contributed by atoms with E-state index in [2.05, 4.69) is 49.9 Å². The Labute approximate surface area is 263 Å². The van der Waals surface area contributed by atoms with E-state index in [0.717, 1.165) is 45.8 Å². The summed E-state index contributed by atoms with van der Waals surface area (Å²) in [6, 6.07) is 20.1. The average Bonchev–Trinajstić information content (AvgIpc) is 3.73. The van der Waals surface area contributed by atoms with E-state index in [1.54, 1.807) is 48.0 Å². The first-order valence-corrected chi connectivity index (χ1v) is 15.5. The summed E-state index contributed by atoms with van der Waals surface area (Å²) in [7, 11) is 0. The molecule has 0 saturated heterocycles. The number of fused-ring (bicyclic) bond motifs is 1. The summed E-state index contributed by atoms with van der Waals surface area (Å²) < 4.78 is 6.00. The smallest absolute Gasteiger partial charge is 0.255 e. The summed E-state index contributed by atoms with van der Waals surface area (Å²) in [4.78, 5) is 38.8. The van der Waals surface area contributed by atoms with Gasteiger partial charge in [0.15, 0.2) is 0 Å². The van der Waals surface area contributed by atoms with Gasteiger partial charge in [0.25, 0.3) is 5.91 Å². The second-order valence-corrected chi connectivity index (χ2v) is 11.9. The number of thiazole rings is 1. The van der Waals surface area contributed by atoms with Crippen molar-refractivity contribution in [2.24, 2.45) is 5.73 Å². The fraction of sp³-hybridized carbons (Fsp3) is 0.212. The standard InChI is InChI=1S/C33H31ClN6O3S/c34-23-10-6-21(7-11-23)15-28(32(35)41)40-33(42)25-3-1-2-24-26(12-13-43-31(24)25)37-16-29-27(38-18-39-29)14-20-4-8-22(9-5-20)30-17-36-19-44-30/h1-11,17-19,26,28,37H,12-16H2,(H2,35,41)(H,38,39)(H,40,42)/t26?,28-/m0/s1. The maximum atomic E-state index is 13.4. The predicted molar refractivity (Wildman–Crippen MR) is 171 cm³/mol. The molecule has 0 fully saturated rings. The van der Waals surface area contributed by atoms with Gasteiger partial charge in [-0.3, -0.25) is 14.6 Å². The third-order valence-electron chi connectivity index (χ3n) is 7.70. The highest BCUT2D eigenvalue weighted by Crippen LogP contribution is 2.35. The number of para-hydroxylation sites is 1. The van der Waals surface area contributed by atoms with Gasteiger partial charge in [0.2, 0.25) is 5.91 Å². The molecule has 44 heavy (non-hydrogen) atoms. The van der Waals surface area contributed by atoms with Crippen molar-refractivity contribution in [2.75, 3.05) is 6.61 Å². The summed E-state index contributed by atoms with van der Waals surface area (Å²) in [5.74, 6) is -0.535. The van der Waals surface area contributed by atoms with Gasteiger partial charge in [-0.2, -0.15) is 0 Å². The van der Waals surface area contributed by atoms with Crippen molar-refractivity contribution in [2.45, 2.75) is 37.9 Å². The highest BCUT2D eigenvalue weighted by molar-refractivity contribution is 7.13. The molecule has 3 heterocycles. The fourth-order valence-corrected chi connectivity index (χ4v) is 6.11. The summed E-state index contributed by atoms with van der Waals surface area (Å²) in [5, 5.41) is 6.99. The lowest BCUT2D eigenvalue weighted by Gasteiger charge is -2.28. The van der Waals surface area contributed by atoms with Crippen LogP contribution >= 0.6 is 22.9 Å². The molecule has 3 aromatic carbocycles. The zero-order chi connectivity index (χ0) is 30.5. The number of hydrogen-bond donors (Lipinski definition) is 4. The van der Waals surface area contributed by atoms with Crippen LogP contribution in [0, 0.1) is 0 Å². The van der Waals surface area contributed by atoms with Crippen molar-refractivity contribution in [1.82, 2.24) is 25.6 Å². The molecule has 9 nitrogen and oxygen atoms in total. The molecule has 1 unspecified atom stereocenters. The van der Waals surface area contributed by atoms with Crippen molar-refractivity contribution >= 4 is 34.8 Å². The molecule has 1 aliphatic heterocycles. The summed E-state index contributed by atoms with van der Waals surface area (Å²) in [5.41, 5.74) is 13.9. The molecule has 2 amide bonds. The lowest BCUT2D eigenvalue weighted by molar-refractivity contribution is -0.119.